The van der Waals surface area contributed by atoms with Gasteiger partial charge in [-0.15, -0.1) is 0 Å². The minimum atomic E-state index is -0.858. The molecular weight excluding hydrogens is 572 g/mol. The first-order valence-electron chi connectivity index (χ1n) is 14.5. The Morgan fingerprint density at radius 1 is 0.614 bits per heavy atom. The van der Waals surface area contributed by atoms with Crippen LogP contribution in [0.3, 0.4) is 0 Å². The molecule has 0 heterocycles. The third-order valence-electron chi connectivity index (χ3n) is 7.56. The number of hydrogen-bond donors (Lipinski definition) is 0. The number of nitro benzene ring substituents is 4. The smallest absolute Gasteiger partial charge is 0.284 e. The monoisotopic (exact) mass is 604 g/mol. The normalized spacial score (nSPS) is 11.5. The standard InChI is InChI=1S/C31H32N4O9/c1-2-3-4-5-6-7-8-9-10-15-44-24-13-11-21(12-14-24)16-25-26-17-22(32(36)37)19-28(34(40)41)30(26)31-27(25)18-23(33(38)39)20-29(31)35(42)43/h11-14,16-20H,2-10,15H2,1H3. The Kier molecular flexibility index (Phi) is 10.3. The highest BCUT2D eigenvalue weighted by Gasteiger charge is 2.40. The van der Waals surface area contributed by atoms with E-state index in [9.17, 15) is 40.5 Å². The van der Waals surface area contributed by atoms with Gasteiger partial charge in [0.2, 0.25) is 0 Å². The molecule has 3 aromatic rings. The highest BCUT2D eigenvalue weighted by atomic mass is 16.6. The molecule has 0 spiro atoms. The number of nitrogens with zero attached hydrogens (tertiary/aromatic N) is 4. The molecule has 0 atom stereocenters. The molecule has 0 radical (unpaired) electrons. The van der Waals surface area contributed by atoms with E-state index in [2.05, 4.69) is 6.92 Å². The average Bonchev–Trinajstić information content (AvgIpc) is 3.30. The third-order valence-corrected chi connectivity index (χ3v) is 7.56. The lowest BCUT2D eigenvalue weighted by molar-refractivity contribution is -0.395. The van der Waals surface area contributed by atoms with Crippen LogP contribution in [-0.2, 0) is 0 Å². The van der Waals surface area contributed by atoms with Crippen LogP contribution in [0, 0.1) is 40.5 Å². The molecule has 0 bridgehead atoms. The van der Waals surface area contributed by atoms with E-state index >= 15 is 0 Å². The fourth-order valence-corrected chi connectivity index (χ4v) is 5.40. The zero-order valence-electron chi connectivity index (χ0n) is 24.2. The molecule has 44 heavy (non-hydrogen) atoms. The number of nitro groups is 4. The van der Waals surface area contributed by atoms with E-state index in [1.807, 2.05) is 0 Å². The van der Waals surface area contributed by atoms with Crippen molar-refractivity contribution in [2.45, 2.75) is 64.7 Å². The van der Waals surface area contributed by atoms with Crippen molar-refractivity contribution in [3.05, 3.63) is 106 Å². The second kappa shape index (κ2) is 14.3. The van der Waals surface area contributed by atoms with Crippen LogP contribution in [0.15, 0.2) is 48.5 Å². The van der Waals surface area contributed by atoms with Crippen molar-refractivity contribution in [3.8, 4) is 16.9 Å². The van der Waals surface area contributed by atoms with Gasteiger partial charge in [-0.05, 0) is 35.8 Å². The van der Waals surface area contributed by atoms with Crippen molar-refractivity contribution >= 4 is 34.4 Å². The third kappa shape index (κ3) is 7.22. The maximum Gasteiger partial charge on any atom is 0.284 e. The second-order valence-electron chi connectivity index (χ2n) is 10.6. The molecule has 230 valence electrons. The number of unbranched alkanes of at least 4 members (excludes halogenated alkanes) is 8. The van der Waals surface area contributed by atoms with Crippen LogP contribution in [0.4, 0.5) is 22.7 Å². The zero-order chi connectivity index (χ0) is 31.8. The molecule has 0 N–H and O–H groups in total. The molecule has 0 amide bonds. The molecule has 3 aromatic carbocycles. The summed E-state index contributed by atoms with van der Waals surface area (Å²) in [5.41, 5.74) is -2.32. The first-order valence-corrected chi connectivity index (χ1v) is 14.5. The summed E-state index contributed by atoms with van der Waals surface area (Å²) in [7, 11) is 0. The summed E-state index contributed by atoms with van der Waals surface area (Å²) < 4.78 is 5.85. The first-order chi connectivity index (χ1) is 21.1. The van der Waals surface area contributed by atoms with Crippen LogP contribution < -0.4 is 4.74 Å². The van der Waals surface area contributed by atoms with Gasteiger partial charge in [-0.3, -0.25) is 40.5 Å². The zero-order valence-corrected chi connectivity index (χ0v) is 24.2. The predicted molar refractivity (Wildman–Crippen MR) is 165 cm³/mol. The van der Waals surface area contributed by atoms with Crippen LogP contribution in [0.2, 0.25) is 0 Å². The van der Waals surface area contributed by atoms with Gasteiger partial charge in [0.15, 0.2) is 0 Å². The summed E-state index contributed by atoms with van der Waals surface area (Å²) in [4.78, 5) is 43.9. The number of non-ortho nitro benzene ring substituents is 2. The fourth-order valence-electron chi connectivity index (χ4n) is 5.40. The maximum atomic E-state index is 12.0. The maximum absolute atomic E-state index is 12.0. The molecule has 0 aliphatic heterocycles. The van der Waals surface area contributed by atoms with E-state index in [4.69, 9.17) is 4.74 Å². The number of fused-ring (bicyclic) bond motifs is 3. The summed E-state index contributed by atoms with van der Waals surface area (Å²) in [5.74, 6) is 0.622. The Morgan fingerprint density at radius 2 is 1.07 bits per heavy atom. The lowest BCUT2D eigenvalue weighted by Gasteiger charge is -2.08. The van der Waals surface area contributed by atoms with Crippen molar-refractivity contribution in [1.82, 2.24) is 0 Å². The van der Waals surface area contributed by atoms with Gasteiger partial charge in [0, 0.05) is 23.3 Å². The first kappa shape index (κ1) is 31.7. The molecule has 0 unspecified atom stereocenters. The lowest BCUT2D eigenvalue weighted by Crippen LogP contribution is -1.99. The average molecular weight is 605 g/mol. The van der Waals surface area contributed by atoms with Crippen LogP contribution >= 0.6 is 0 Å². The number of benzene rings is 3. The van der Waals surface area contributed by atoms with E-state index in [-0.39, 0.29) is 27.8 Å². The summed E-state index contributed by atoms with van der Waals surface area (Å²) in [6, 6.07) is 10.5. The van der Waals surface area contributed by atoms with Crippen LogP contribution in [0.5, 0.6) is 5.75 Å². The number of rotatable bonds is 16. The molecule has 0 fully saturated rings. The molecule has 0 saturated carbocycles. The van der Waals surface area contributed by atoms with Gasteiger partial charge in [-0.25, -0.2) is 0 Å². The Labute approximate surface area is 252 Å². The minimum absolute atomic E-state index is 0.00446. The van der Waals surface area contributed by atoms with Gasteiger partial charge in [-0.2, -0.15) is 0 Å². The van der Waals surface area contributed by atoms with Crippen molar-refractivity contribution in [2.75, 3.05) is 6.61 Å². The summed E-state index contributed by atoms with van der Waals surface area (Å²) in [6.07, 6.45) is 12.3. The number of hydrogen-bond acceptors (Lipinski definition) is 9. The molecule has 0 saturated heterocycles. The molecule has 13 nitrogen and oxygen atoms in total. The fraction of sp³-hybridized carbons (Fsp3) is 0.355. The topological polar surface area (TPSA) is 182 Å². The SMILES string of the molecule is CCCCCCCCCCCOc1ccc(C=C2c3cc([N+](=O)[O-])cc([N+](=O)[O-])c3-c3c2cc([N+](=O)[O-])cc3[N+](=O)[O-])cc1. The quantitative estimate of drug-likeness (QED) is 0.0685. The van der Waals surface area contributed by atoms with Gasteiger partial charge in [0.1, 0.15) is 5.75 Å². The summed E-state index contributed by atoms with van der Waals surface area (Å²) >= 11 is 0. The molecular formula is C31H32N4O9. The van der Waals surface area contributed by atoms with Crippen molar-refractivity contribution < 1.29 is 24.4 Å². The Hall–Kier alpha value is -5.20. The van der Waals surface area contributed by atoms with Gasteiger partial charge < -0.3 is 4.74 Å². The molecule has 1 aliphatic carbocycles. The Balaban J connectivity index is 1.62. The predicted octanol–water partition coefficient (Wildman–Crippen LogP) is 8.80. The van der Waals surface area contributed by atoms with E-state index in [0.717, 1.165) is 43.5 Å². The van der Waals surface area contributed by atoms with Gasteiger partial charge in [0.25, 0.3) is 22.7 Å². The molecule has 13 heteroatoms. The molecule has 4 rings (SSSR count). The Morgan fingerprint density at radius 3 is 1.50 bits per heavy atom. The van der Waals surface area contributed by atoms with E-state index in [0.29, 0.717) is 17.9 Å². The van der Waals surface area contributed by atoms with Crippen molar-refractivity contribution in [2.24, 2.45) is 0 Å². The van der Waals surface area contributed by atoms with Gasteiger partial charge in [0.05, 0.1) is 49.6 Å². The minimum Gasteiger partial charge on any atom is -0.494 e. The highest BCUT2D eigenvalue weighted by Crippen LogP contribution is 2.54. The number of ether oxygens (including phenoxy) is 1. The summed E-state index contributed by atoms with van der Waals surface area (Å²) in [5, 5.41) is 47.2. The van der Waals surface area contributed by atoms with Gasteiger partial charge >= 0.3 is 0 Å². The van der Waals surface area contributed by atoms with Crippen LogP contribution in [-0.4, -0.2) is 26.3 Å². The van der Waals surface area contributed by atoms with E-state index in [1.54, 1.807) is 24.3 Å². The van der Waals surface area contributed by atoms with Crippen molar-refractivity contribution in [3.63, 3.8) is 0 Å². The second-order valence-corrected chi connectivity index (χ2v) is 10.6. The van der Waals surface area contributed by atoms with Crippen LogP contribution in [0.1, 0.15) is 81.4 Å². The largest absolute Gasteiger partial charge is 0.494 e. The molecule has 0 aromatic heterocycles. The van der Waals surface area contributed by atoms with Crippen molar-refractivity contribution in [1.29, 1.82) is 0 Å². The molecule has 1 aliphatic rings. The Bertz CT molecular complexity index is 1530. The van der Waals surface area contributed by atoms with E-state index < -0.39 is 42.4 Å². The van der Waals surface area contributed by atoms with Crippen LogP contribution in [0.25, 0.3) is 22.8 Å². The summed E-state index contributed by atoms with van der Waals surface area (Å²) in [6.45, 7) is 2.76. The lowest BCUT2D eigenvalue weighted by atomic mass is 10.00. The highest BCUT2D eigenvalue weighted by molar-refractivity contribution is 6.12. The van der Waals surface area contributed by atoms with E-state index in [1.165, 1.54) is 44.6 Å². The van der Waals surface area contributed by atoms with Gasteiger partial charge in [-0.1, -0.05) is 70.4 Å².